The number of halogens is 1. The Hall–Kier alpha value is -3.19. The smallest absolute Gasteiger partial charge is 0.335 e. The Labute approximate surface area is 183 Å². The lowest BCUT2D eigenvalue weighted by Crippen LogP contribution is -2.33. The highest BCUT2D eigenvalue weighted by molar-refractivity contribution is 8.00. The molecule has 1 N–H and O–H groups in total. The van der Waals surface area contributed by atoms with Gasteiger partial charge in [-0.3, -0.25) is 9.78 Å². The summed E-state index contributed by atoms with van der Waals surface area (Å²) in [6.07, 6.45) is 3.42. The zero-order chi connectivity index (χ0) is 22.0. The van der Waals surface area contributed by atoms with Crippen molar-refractivity contribution >= 4 is 23.6 Å². The Morgan fingerprint density at radius 2 is 1.90 bits per heavy atom. The quantitative estimate of drug-likeness (QED) is 0.610. The summed E-state index contributed by atoms with van der Waals surface area (Å²) in [5.41, 5.74) is 3.90. The van der Waals surface area contributed by atoms with Gasteiger partial charge in [-0.15, -0.1) is 11.8 Å². The third-order valence-corrected chi connectivity index (χ3v) is 6.76. The summed E-state index contributed by atoms with van der Waals surface area (Å²) >= 11 is 1.52. The Morgan fingerprint density at radius 3 is 2.55 bits per heavy atom. The maximum Gasteiger partial charge on any atom is 0.335 e. The molecule has 1 saturated heterocycles. The van der Waals surface area contributed by atoms with Crippen LogP contribution in [0.2, 0.25) is 0 Å². The number of nitrogens with zero attached hydrogens (tertiary/aromatic N) is 2. The highest BCUT2D eigenvalue weighted by atomic mass is 32.2. The van der Waals surface area contributed by atoms with Crippen molar-refractivity contribution in [2.45, 2.75) is 18.2 Å². The van der Waals surface area contributed by atoms with E-state index in [4.69, 9.17) is 0 Å². The van der Waals surface area contributed by atoms with Gasteiger partial charge in [0.25, 0.3) is 0 Å². The van der Waals surface area contributed by atoms with Crippen LogP contribution in [0.4, 0.5) is 4.39 Å². The number of hydrogen-bond donors (Lipinski definition) is 1. The zero-order valence-corrected chi connectivity index (χ0v) is 17.7. The minimum Gasteiger partial charge on any atom is -0.478 e. The highest BCUT2D eigenvalue weighted by Crippen LogP contribution is 2.41. The average molecular weight is 437 g/mol. The fourth-order valence-corrected chi connectivity index (χ4v) is 5.13. The van der Waals surface area contributed by atoms with Crippen molar-refractivity contribution in [2.75, 3.05) is 12.3 Å². The molecule has 158 valence electrons. The van der Waals surface area contributed by atoms with Crippen molar-refractivity contribution in [2.24, 2.45) is 0 Å². The number of aromatic nitrogens is 1. The Bertz CT molecular complexity index is 1110. The predicted octanol–water partition coefficient (Wildman–Crippen LogP) is 4.63. The van der Waals surface area contributed by atoms with Gasteiger partial charge in [0.15, 0.2) is 0 Å². The molecule has 3 aromatic rings. The molecule has 0 spiro atoms. The van der Waals surface area contributed by atoms with Crippen LogP contribution >= 0.6 is 11.8 Å². The maximum atomic E-state index is 13.4. The Morgan fingerprint density at radius 1 is 1.19 bits per heavy atom. The molecule has 4 rings (SSSR count). The van der Waals surface area contributed by atoms with E-state index in [0.717, 1.165) is 22.3 Å². The molecule has 2 unspecified atom stereocenters. The summed E-state index contributed by atoms with van der Waals surface area (Å²) in [5, 5.41) is 9.11. The van der Waals surface area contributed by atoms with Gasteiger partial charge in [0.1, 0.15) is 11.2 Å². The largest absolute Gasteiger partial charge is 0.478 e. The van der Waals surface area contributed by atoms with Gasteiger partial charge in [-0.25, -0.2) is 9.18 Å². The molecule has 31 heavy (non-hydrogen) atoms. The van der Waals surface area contributed by atoms with E-state index in [-0.39, 0.29) is 28.6 Å². The van der Waals surface area contributed by atoms with Crippen molar-refractivity contribution in [1.29, 1.82) is 0 Å². The summed E-state index contributed by atoms with van der Waals surface area (Å²) in [7, 11) is 0. The number of pyridine rings is 1. The van der Waals surface area contributed by atoms with E-state index in [2.05, 4.69) is 4.98 Å². The minimum absolute atomic E-state index is 0.0261. The number of carboxylic acid groups (broad SMARTS) is 1. The SMILES string of the molecule is Cc1cc(C(=O)O)ccc1C(CN1C(=O)CSC1c1ccc(F)cc1)c1ccncc1. The molecule has 1 fully saturated rings. The number of benzene rings is 2. The van der Waals surface area contributed by atoms with Gasteiger partial charge in [-0.1, -0.05) is 18.2 Å². The molecule has 0 saturated carbocycles. The lowest BCUT2D eigenvalue weighted by atomic mass is 9.87. The molecular weight excluding hydrogens is 415 g/mol. The van der Waals surface area contributed by atoms with Crippen molar-refractivity contribution in [3.63, 3.8) is 0 Å². The lowest BCUT2D eigenvalue weighted by Gasteiger charge is -2.30. The third kappa shape index (κ3) is 4.46. The van der Waals surface area contributed by atoms with Crippen LogP contribution in [0.25, 0.3) is 0 Å². The Kier molecular flexibility index (Phi) is 6.04. The van der Waals surface area contributed by atoms with Gasteiger partial charge < -0.3 is 10.0 Å². The maximum absolute atomic E-state index is 13.4. The standard InChI is InChI=1S/C24H21FN2O3S/c1-15-12-18(24(29)30)4-7-20(15)21(16-8-10-26-11-9-16)13-27-22(28)14-31-23(27)17-2-5-19(25)6-3-17/h2-12,21,23H,13-14H2,1H3,(H,29,30). The van der Waals surface area contributed by atoms with Gasteiger partial charge in [-0.2, -0.15) is 0 Å². The van der Waals surface area contributed by atoms with Crippen molar-refractivity contribution in [3.8, 4) is 0 Å². The van der Waals surface area contributed by atoms with Crippen LogP contribution in [-0.2, 0) is 4.79 Å². The van der Waals surface area contributed by atoms with Crippen LogP contribution in [0.3, 0.4) is 0 Å². The Balaban J connectivity index is 1.72. The zero-order valence-electron chi connectivity index (χ0n) is 16.9. The van der Waals surface area contributed by atoms with Crippen LogP contribution in [0.1, 0.15) is 43.9 Å². The first kappa shape index (κ1) is 21.1. The molecule has 5 nitrogen and oxygen atoms in total. The van der Waals surface area contributed by atoms with E-state index in [1.54, 1.807) is 36.7 Å². The lowest BCUT2D eigenvalue weighted by molar-refractivity contribution is -0.128. The summed E-state index contributed by atoms with van der Waals surface area (Å²) < 4.78 is 13.4. The predicted molar refractivity (Wildman–Crippen MR) is 118 cm³/mol. The summed E-state index contributed by atoms with van der Waals surface area (Å²) in [6, 6.07) is 15.1. The molecule has 0 bridgehead atoms. The summed E-state index contributed by atoms with van der Waals surface area (Å²) in [6.45, 7) is 2.30. The average Bonchev–Trinajstić information content (AvgIpc) is 3.13. The number of amides is 1. The van der Waals surface area contributed by atoms with Crippen LogP contribution < -0.4 is 0 Å². The normalized spacial score (nSPS) is 17.0. The van der Waals surface area contributed by atoms with E-state index in [1.165, 1.54) is 23.9 Å². The van der Waals surface area contributed by atoms with Gasteiger partial charge in [0.05, 0.1) is 11.3 Å². The number of carboxylic acids is 1. The second-order valence-electron chi connectivity index (χ2n) is 7.47. The topological polar surface area (TPSA) is 70.5 Å². The van der Waals surface area contributed by atoms with E-state index in [1.807, 2.05) is 30.0 Å². The van der Waals surface area contributed by atoms with Crippen molar-refractivity contribution in [3.05, 3.63) is 101 Å². The highest BCUT2D eigenvalue weighted by Gasteiger charge is 2.35. The molecule has 1 aliphatic rings. The molecule has 2 aromatic carbocycles. The van der Waals surface area contributed by atoms with Crippen molar-refractivity contribution in [1.82, 2.24) is 9.88 Å². The van der Waals surface area contributed by atoms with Gasteiger partial charge in [0, 0.05) is 24.9 Å². The second kappa shape index (κ2) is 8.89. The number of carbonyl (C=O) groups excluding carboxylic acids is 1. The first-order chi connectivity index (χ1) is 14.9. The number of aromatic carboxylic acids is 1. The molecule has 2 heterocycles. The van der Waals surface area contributed by atoms with Gasteiger partial charge in [0.2, 0.25) is 5.91 Å². The number of carbonyl (C=O) groups is 2. The second-order valence-corrected chi connectivity index (χ2v) is 8.54. The molecule has 0 radical (unpaired) electrons. The number of hydrogen-bond acceptors (Lipinski definition) is 4. The van der Waals surface area contributed by atoms with Gasteiger partial charge >= 0.3 is 5.97 Å². The van der Waals surface area contributed by atoms with Crippen LogP contribution in [0.15, 0.2) is 67.0 Å². The monoisotopic (exact) mass is 436 g/mol. The van der Waals surface area contributed by atoms with E-state index < -0.39 is 5.97 Å². The number of thioether (sulfide) groups is 1. The van der Waals surface area contributed by atoms with Crippen LogP contribution in [-0.4, -0.2) is 39.2 Å². The molecule has 2 atom stereocenters. The molecule has 7 heteroatoms. The fourth-order valence-electron chi connectivity index (χ4n) is 3.93. The van der Waals surface area contributed by atoms with Crippen molar-refractivity contribution < 1.29 is 19.1 Å². The van der Waals surface area contributed by atoms with Gasteiger partial charge in [-0.05, 0) is 65.6 Å². The van der Waals surface area contributed by atoms with Crippen LogP contribution in [0, 0.1) is 12.7 Å². The molecule has 0 aliphatic carbocycles. The third-order valence-electron chi connectivity index (χ3n) is 5.50. The summed E-state index contributed by atoms with van der Waals surface area (Å²) in [5.74, 6) is -1.05. The van der Waals surface area contributed by atoms with E-state index in [9.17, 15) is 19.1 Å². The number of aryl methyl sites for hydroxylation is 1. The fraction of sp³-hybridized carbons (Fsp3) is 0.208. The van der Waals surface area contributed by atoms with E-state index >= 15 is 0 Å². The first-order valence-corrected chi connectivity index (χ1v) is 10.9. The van der Waals surface area contributed by atoms with E-state index in [0.29, 0.717) is 12.3 Å². The molecule has 1 amide bonds. The molecule has 1 aromatic heterocycles. The molecular formula is C24H21FN2O3S. The minimum atomic E-state index is -0.974. The number of rotatable bonds is 6. The first-order valence-electron chi connectivity index (χ1n) is 9.84. The molecule has 1 aliphatic heterocycles. The summed E-state index contributed by atoms with van der Waals surface area (Å²) in [4.78, 5) is 30.1. The van der Waals surface area contributed by atoms with Crippen LogP contribution in [0.5, 0.6) is 0 Å².